The van der Waals surface area contributed by atoms with Gasteiger partial charge in [0.2, 0.25) is 0 Å². The van der Waals surface area contributed by atoms with Gasteiger partial charge in [-0.15, -0.1) is 0 Å². The highest BCUT2D eigenvalue weighted by Crippen LogP contribution is 2.47. The molecule has 0 atom stereocenters. The summed E-state index contributed by atoms with van der Waals surface area (Å²) >= 11 is 0. The number of fused-ring (bicyclic) bond motifs is 6. The van der Waals surface area contributed by atoms with E-state index in [-0.39, 0.29) is 0 Å². The summed E-state index contributed by atoms with van der Waals surface area (Å²) in [5, 5.41) is 25.2. The molecule has 0 amide bonds. The van der Waals surface area contributed by atoms with E-state index in [1.807, 2.05) is 72.8 Å². The molecule has 15 aromatic rings. The van der Waals surface area contributed by atoms with Gasteiger partial charge in [-0.25, -0.2) is 9.59 Å². The van der Waals surface area contributed by atoms with Crippen molar-refractivity contribution in [2.24, 2.45) is 0 Å². The summed E-state index contributed by atoms with van der Waals surface area (Å²) in [5.41, 5.74) is 0.976. The van der Waals surface area contributed by atoms with Gasteiger partial charge < -0.3 is 9.47 Å². The Bertz CT molecular complexity index is 4290. The minimum Gasteiger partial charge on any atom is -0.422 e. The van der Waals surface area contributed by atoms with E-state index < -0.39 is 11.9 Å². The number of hydrogen-bond donors (Lipinski definition) is 0. The van der Waals surface area contributed by atoms with Crippen LogP contribution in [0, 0.1) is 0 Å². The first-order valence-corrected chi connectivity index (χ1v) is 22.3. The van der Waals surface area contributed by atoms with Gasteiger partial charge in [0.15, 0.2) is 0 Å². The van der Waals surface area contributed by atoms with E-state index in [2.05, 4.69) is 121 Å². The van der Waals surface area contributed by atoms with Crippen LogP contribution in [0.3, 0.4) is 0 Å². The smallest absolute Gasteiger partial charge is 0.344 e. The predicted octanol–water partition coefficient (Wildman–Crippen LogP) is 16.3. The number of ether oxygens (including phenoxy) is 2. The van der Waals surface area contributed by atoms with Crippen molar-refractivity contribution in [3.63, 3.8) is 0 Å². The Kier molecular flexibility index (Phi) is 6.94. The summed E-state index contributed by atoms with van der Waals surface area (Å²) in [6.45, 7) is 0. The lowest BCUT2D eigenvalue weighted by molar-refractivity contribution is 0.0729. The molecule has 0 aliphatic rings. The molecule has 304 valence electrons. The van der Waals surface area contributed by atoms with Crippen LogP contribution in [0.2, 0.25) is 0 Å². The maximum Gasteiger partial charge on any atom is 0.344 e. The zero-order valence-electron chi connectivity index (χ0n) is 35.1. The average Bonchev–Trinajstić information content (AvgIpc) is 3.36. The Balaban J connectivity index is 0.866. The number of carbonyl (C=O) groups is 2. The van der Waals surface area contributed by atoms with Crippen molar-refractivity contribution in [1.29, 1.82) is 0 Å². The number of benzene rings is 15. The molecule has 0 saturated heterocycles. The first-order chi connectivity index (χ1) is 32.6. The van der Waals surface area contributed by atoms with Crippen molar-refractivity contribution >= 4 is 141 Å². The van der Waals surface area contributed by atoms with Gasteiger partial charge in [0.1, 0.15) is 11.5 Å². The Morgan fingerprint density at radius 3 is 0.909 bits per heavy atom. The summed E-state index contributed by atoms with van der Waals surface area (Å²) in [7, 11) is 0. The minimum absolute atomic E-state index is 0.417. The van der Waals surface area contributed by atoms with Crippen LogP contribution in [0.5, 0.6) is 11.5 Å². The monoisotopic (exact) mass is 840 g/mol. The quantitative estimate of drug-likeness (QED) is 0.0767. The van der Waals surface area contributed by atoms with Crippen LogP contribution in [0.1, 0.15) is 20.7 Å². The maximum atomic E-state index is 14.6. The van der Waals surface area contributed by atoms with Crippen molar-refractivity contribution in [2.75, 3.05) is 0 Å². The molecule has 0 spiro atoms. The second-order valence-electron chi connectivity index (χ2n) is 17.7. The van der Waals surface area contributed by atoms with Gasteiger partial charge >= 0.3 is 11.9 Å². The van der Waals surface area contributed by atoms with E-state index in [0.717, 1.165) is 118 Å². The Morgan fingerprint density at radius 2 is 0.515 bits per heavy atom. The largest absolute Gasteiger partial charge is 0.422 e. The number of carbonyl (C=O) groups excluding carboxylic acids is 2. The molecule has 0 N–H and O–H groups in total. The van der Waals surface area contributed by atoms with Crippen molar-refractivity contribution in [1.82, 2.24) is 0 Å². The molecule has 66 heavy (non-hydrogen) atoms. The lowest BCUT2D eigenvalue weighted by Crippen LogP contribution is -2.10. The SMILES string of the molecule is O=C(Oc1ccc2cccc3c4cccc5cccc(c1c23)c54)c1ccc2c3cccc4c(C(=O)Oc5ccc6cccc7c8cccc9cccc(c5c67)c98)ccc(c5cccc1c52)c43. The zero-order valence-corrected chi connectivity index (χ0v) is 35.1. The van der Waals surface area contributed by atoms with Crippen molar-refractivity contribution < 1.29 is 19.1 Å². The molecule has 15 rings (SSSR count). The topological polar surface area (TPSA) is 52.6 Å². The third kappa shape index (κ3) is 4.61. The first kappa shape index (κ1) is 35.6. The van der Waals surface area contributed by atoms with Gasteiger partial charge in [-0.2, -0.15) is 0 Å². The second-order valence-corrected chi connectivity index (χ2v) is 17.7. The van der Waals surface area contributed by atoms with Gasteiger partial charge in [-0.3, -0.25) is 0 Å². The highest BCUT2D eigenvalue weighted by atomic mass is 16.5. The molecule has 0 radical (unpaired) electrons. The Labute approximate surface area is 375 Å². The van der Waals surface area contributed by atoms with E-state index >= 15 is 0 Å². The van der Waals surface area contributed by atoms with E-state index in [4.69, 9.17) is 9.47 Å². The van der Waals surface area contributed by atoms with E-state index in [1.54, 1.807) is 0 Å². The highest BCUT2D eigenvalue weighted by Gasteiger charge is 2.25. The Hall–Kier alpha value is -8.86. The molecular weight excluding hydrogens is 809 g/mol. The summed E-state index contributed by atoms with van der Waals surface area (Å²) < 4.78 is 13.0. The highest BCUT2D eigenvalue weighted by molar-refractivity contribution is 6.38. The van der Waals surface area contributed by atoms with Crippen LogP contribution in [0.4, 0.5) is 0 Å². The minimum atomic E-state index is -0.417. The van der Waals surface area contributed by atoms with Gasteiger partial charge in [0, 0.05) is 21.5 Å². The second kappa shape index (κ2) is 12.9. The van der Waals surface area contributed by atoms with E-state index in [9.17, 15) is 9.59 Å². The van der Waals surface area contributed by atoms with Gasteiger partial charge in [0.25, 0.3) is 0 Å². The maximum absolute atomic E-state index is 14.6. The fourth-order valence-corrected chi connectivity index (χ4v) is 11.8. The normalized spacial score (nSPS) is 12.4. The standard InChI is InChI=1S/C62H32O4/c63-61(65-51-31-25-35-13-3-17-39-37-15-1-9-33-11-5-23-49(53(33)37)59(51)55(35)39)47-29-27-45-42-20-8-22-44-48(30-28-46(58(42)44)41-19-7-21-43(47)57(41)45)62(64)66-52-32-26-36-14-4-18-40-38-16-2-10-34-12-6-24-50(54(34)38)60(52)56(36)40/h1-32H. The van der Waals surface area contributed by atoms with Crippen molar-refractivity contribution in [2.45, 2.75) is 0 Å². The van der Waals surface area contributed by atoms with E-state index in [1.165, 1.54) is 10.8 Å². The zero-order chi connectivity index (χ0) is 43.4. The summed E-state index contributed by atoms with van der Waals surface area (Å²) in [5.74, 6) is 0.235. The molecular formula is C62H32O4. The van der Waals surface area contributed by atoms with Crippen LogP contribution in [0.15, 0.2) is 194 Å². The molecule has 0 aromatic heterocycles. The predicted molar refractivity (Wildman–Crippen MR) is 273 cm³/mol. The number of rotatable bonds is 4. The average molecular weight is 841 g/mol. The van der Waals surface area contributed by atoms with E-state index in [0.29, 0.717) is 22.6 Å². The summed E-state index contributed by atoms with van der Waals surface area (Å²) in [4.78, 5) is 29.3. The third-order valence-electron chi connectivity index (χ3n) is 14.4. The van der Waals surface area contributed by atoms with Crippen LogP contribution < -0.4 is 9.47 Å². The molecule has 4 heteroatoms. The molecule has 0 aliphatic heterocycles. The molecule has 0 fully saturated rings. The van der Waals surface area contributed by atoms with Gasteiger partial charge in [-0.1, -0.05) is 170 Å². The van der Waals surface area contributed by atoms with Crippen molar-refractivity contribution in [3.05, 3.63) is 205 Å². The molecule has 0 bridgehead atoms. The van der Waals surface area contributed by atoms with Crippen LogP contribution >= 0.6 is 0 Å². The van der Waals surface area contributed by atoms with Crippen LogP contribution in [-0.4, -0.2) is 11.9 Å². The molecule has 0 aliphatic carbocycles. The first-order valence-electron chi connectivity index (χ1n) is 22.3. The van der Waals surface area contributed by atoms with Crippen LogP contribution in [-0.2, 0) is 0 Å². The third-order valence-corrected chi connectivity index (χ3v) is 14.4. The van der Waals surface area contributed by atoms with Gasteiger partial charge in [0.05, 0.1) is 11.1 Å². The lowest BCUT2D eigenvalue weighted by Gasteiger charge is -2.19. The van der Waals surface area contributed by atoms with Gasteiger partial charge in [-0.05, 0) is 132 Å². The fraction of sp³-hybridized carbons (Fsp3) is 0. The molecule has 0 heterocycles. The lowest BCUT2D eigenvalue weighted by atomic mass is 9.87. The fourth-order valence-electron chi connectivity index (χ4n) is 11.8. The number of hydrogen-bond acceptors (Lipinski definition) is 4. The summed E-state index contributed by atoms with van der Waals surface area (Å²) in [6, 6.07) is 66.3. The molecule has 15 aromatic carbocycles. The Morgan fingerprint density at radius 1 is 0.227 bits per heavy atom. The van der Waals surface area contributed by atoms with Crippen molar-refractivity contribution in [3.8, 4) is 11.5 Å². The molecule has 0 unspecified atom stereocenters. The molecule has 4 nitrogen and oxygen atoms in total. The number of esters is 2. The van der Waals surface area contributed by atoms with Crippen LogP contribution in [0.25, 0.3) is 129 Å². The molecule has 0 saturated carbocycles. The summed E-state index contributed by atoms with van der Waals surface area (Å²) in [6.07, 6.45) is 0.